The van der Waals surface area contributed by atoms with Crippen LogP contribution in [0.5, 0.6) is 0 Å². The Hall–Kier alpha value is -3.44. The van der Waals surface area contributed by atoms with Crippen LogP contribution in [-0.2, 0) is 29.0 Å². The molecule has 0 saturated heterocycles. The molecule has 5 heteroatoms. The molecule has 2 amide bonds. The number of hydrogen-bond donors (Lipinski definition) is 1. The maximum absolute atomic E-state index is 14.0. The minimum Gasteiger partial charge on any atom is -0.354 e. The summed E-state index contributed by atoms with van der Waals surface area (Å²) < 4.78 is 0.946. The Morgan fingerprint density at radius 2 is 1.53 bits per heavy atom. The van der Waals surface area contributed by atoms with E-state index in [0.29, 0.717) is 38.3 Å². The van der Waals surface area contributed by atoms with Crippen molar-refractivity contribution < 1.29 is 9.59 Å². The van der Waals surface area contributed by atoms with E-state index in [4.69, 9.17) is 0 Å². The van der Waals surface area contributed by atoms with Crippen molar-refractivity contribution >= 4 is 38.5 Å². The number of nitrogens with one attached hydrogen (secondary N) is 1. The molecule has 38 heavy (non-hydrogen) atoms. The fourth-order valence-electron chi connectivity index (χ4n) is 4.70. The van der Waals surface area contributed by atoms with Gasteiger partial charge in [0.15, 0.2) is 0 Å². The Morgan fingerprint density at radius 3 is 2.29 bits per heavy atom. The summed E-state index contributed by atoms with van der Waals surface area (Å²) in [6.45, 7) is 5.07. The first kappa shape index (κ1) is 27.6. The molecule has 0 spiro atoms. The Kier molecular flexibility index (Phi) is 9.72. The van der Waals surface area contributed by atoms with E-state index in [0.717, 1.165) is 26.5 Å². The van der Waals surface area contributed by atoms with Gasteiger partial charge in [-0.25, -0.2) is 0 Å². The van der Waals surface area contributed by atoms with Crippen LogP contribution in [-0.4, -0.2) is 29.3 Å². The number of amides is 2. The predicted molar refractivity (Wildman–Crippen MR) is 159 cm³/mol. The highest BCUT2D eigenvalue weighted by molar-refractivity contribution is 9.10. The van der Waals surface area contributed by atoms with E-state index in [1.165, 1.54) is 5.39 Å². The van der Waals surface area contributed by atoms with Crippen molar-refractivity contribution in [1.82, 2.24) is 10.2 Å². The smallest absolute Gasteiger partial charge is 0.243 e. The van der Waals surface area contributed by atoms with Gasteiger partial charge in [0, 0.05) is 30.4 Å². The number of aryl methyl sites for hydroxylation is 1. The van der Waals surface area contributed by atoms with Crippen LogP contribution in [0.15, 0.2) is 102 Å². The van der Waals surface area contributed by atoms with Crippen LogP contribution in [0, 0.1) is 5.92 Å². The number of benzene rings is 4. The highest BCUT2D eigenvalue weighted by Gasteiger charge is 2.30. The molecule has 0 unspecified atom stereocenters. The van der Waals surface area contributed by atoms with E-state index in [1.54, 1.807) is 4.90 Å². The molecule has 1 N–H and O–H groups in total. The molecule has 0 saturated carbocycles. The van der Waals surface area contributed by atoms with Gasteiger partial charge in [0.05, 0.1) is 0 Å². The van der Waals surface area contributed by atoms with E-state index in [9.17, 15) is 9.59 Å². The summed E-state index contributed by atoms with van der Waals surface area (Å²) >= 11 is 3.55. The average molecular weight is 572 g/mol. The van der Waals surface area contributed by atoms with Gasteiger partial charge in [-0.3, -0.25) is 9.59 Å². The highest BCUT2D eigenvalue weighted by atomic mass is 79.9. The second-order valence-corrected chi connectivity index (χ2v) is 11.1. The molecule has 0 fully saturated rings. The zero-order valence-electron chi connectivity index (χ0n) is 22.1. The molecule has 0 aromatic heterocycles. The standard InChI is InChI=1S/C33H35BrN2O2/c1-24(2)22-35-33(38)31(21-25-10-4-3-5-11-25)36(23-26-12-8-16-29(34)20-26)32(37)19-18-28-15-9-14-27-13-6-7-17-30(27)28/h3-17,20,24,31H,18-19,21-23H2,1-2H3,(H,35,38)/t31-/m0/s1. The zero-order valence-corrected chi connectivity index (χ0v) is 23.7. The maximum atomic E-state index is 14.0. The third-order valence-corrected chi connectivity index (χ3v) is 7.18. The van der Waals surface area contributed by atoms with Crippen LogP contribution in [0.25, 0.3) is 10.8 Å². The van der Waals surface area contributed by atoms with Crippen molar-refractivity contribution in [2.45, 2.75) is 45.7 Å². The predicted octanol–water partition coefficient (Wildman–Crippen LogP) is 6.95. The maximum Gasteiger partial charge on any atom is 0.243 e. The Bertz CT molecular complexity index is 1360. The molecule has 4 nitrogen and oxygen atoms in total. The van der Waals surface area contributed by atoms with E-state index in [1.807, 2.05) is 72.8 Å². The summed E-state index contributed by atoms with van der Waals surface area (Å²) in [4.78, 5) is 29.3. The zero-order chi connectivity index (χ0) is 26.9. The third kappa shape index (κ3) is 7.55. The van der Waals surface area contributed by atoms with Crippen molar-refractivity contribution in [2.75, 3.05) is 6.54 Å². The van der Waals surface area contributed by atoms with Crippen LogP contribution in [0.2, 0.25) is 0 Å². The molecule has 4 aromatic rings. The molecule has 0 aliphatic heterocycles. The van der Waals surface area contributed by atoms with Crippen molar-refractivity contribution in [3.63, 3.8) is 0 Å². The summed E-state index contributed by atoms with van der Waals surface area (Å²) in [7, 11) is 0. The van der Waals surface area contributed by atoms with Gasteiger partial charge < -0.3 is 10.2 Å². The van der Waals surface area contributed by atoms with E-state index >= 15 is 0 Å². The lowest BCUT2D eigenvalue weighted by molar-refractivity contribution is -0.141. The molecular formula is C33H35BrN2O2. The molecular weight excluding hydrogens is 536 g/mol. The van der Waals surface area contributed by atoms with Crippen molar-refractivity contribution in [2.24, 2.45) is 5.92 Å². The quantitative estimate of drug-likeness (QED) is 0.212. The van der Waals surface area contributed by atoms with E-state index in [-0.39, 0.29) is 11.8 Å². The van der Waals surface area contributed by atoms with Crippen LogP contribution in [0.3, 0.4) is 0 Å². The Morgan fingerprint density at radius 1 is 0.842 bits per heavy atom. The lowest BCUT2D eigenvalue weighted by Gasteiger charge is -2.32. The van der Waals surface area contributed by atoms with Gasteiger partial charge >= 0.3 is 0 Å². The molecule has 4 rings (SSSR count). The van der Waals surface area contributed by atoms with Crippen molar-refractivity contribution in [3.8, 4) is 0 Å². The van der Waals surface area contributed by atoms with Gasteiger partial charge in [-0.15, -0.1) is 0 Å². The largest absolute Gasteiger partial charge is 0.354 e. The Balaban J connectivity index is 1.64. The monoisotopic (exact) mass is 570 g/mol. The number of hydrogen-bond acceptors (Lipinski definition) is 2. The Labute approximate surface area is 234 Å². The number of fused-ring (bicyclic) bond motifs is 1. The van der Waals surface area contributed by atoms with Crippen LogP contribution in [0.4, 0.5) is 0 Å². The van der Waals surface area contributed by atoms with Crippen molar-refractivity contribution in [3.05, 3.63) is 118 Å². The fourth-order valence-corrected chi connectivity index (χ4v) is 5.15. The van der Waals surface area contributed by atoms with Crippen molar-refractivity contribution in [1.29, 1.82) is 0 Å². The lowest BCUT2D eigenvalue weighted by Crippen LogP contribution is -2.51. The summed E-state index contributed by atoms with van der Waals surface area (Å²) in [5, 5.41) is 5.42. The third-order valence-electron chi connectivity index (χ3n) is 6.69. The van der Waals surface area contributed by atoms with Crippen LogP contribution < -0.4 is 5.32 Å². The number of carbonyl (C=O) groups excluding carboxylic acids is 2. The minimum atomic E-state index is -0.616. The highest BCUT2D eigenvalue weighted by Crippen LogP contribution is 2.22. The molecule has 1 atom stereocenters. The summed E-state index contributed by atoms with van der Waals surface area (Å²) in [6, 6.07) is 31.7. The first-order valence-electron chi connectivity index (χ1n) is 13.2. The van der Waals surface area contributed by atoms with Gasteiger partial charge in [-0.05, 0) is 51.9 Å². The van der Waals surface area contributed by atoms with E-state index < -0.39 is 6.04 Å². The molecule has 0 bridgehead atoms. The van der Waals surface area contributed by atoms with Gasteiger partial charge in [-0.1, -0.05) is 115 Å². The first-order chi connectivity index (χ1) is 18.4. The summed E-state index contributed by atoms with van der Waals surface area (Å²) in [5.41, 5.74) is 3.15. The summed E-state index contributed by atoms with van der Waals surface area (Å²) in [5.74, 6) is 0.173. The molecule has 0 radical (unpaired) electrons. The number of halogens is 1. The molecule has 0 aliphatic carbocycles. The number of rotatable bonds is 11. The first-order valence-corrected chi connectivity index (χ1v) is 14.0. The summed E-state index contributed by atoms with van der Waals surface area (Å²) in [6.07, 6.45) is 1.39. The fraction of sp³-hybridized carbons (Fsp3) is 0.273. The van der Waals surface area contributed by atoms with E-state index in [2.05, 4.69) is 59.4 Å². The minimum absolute atomic E-state index is 0.0291. The topological polar surface area (TPSA) is 49.4 Å². The van der Waals surface area contributed by atoms with Crippen LogP contribution >= 0.6 is 15.9 Å². The van der Waals surface area contributed by atoms with Gasteiger partial charge in [0.1, 0.15) is 6.04 Å². The molecule has 4 aromatic carbocycles. The molecule has 0 heterocycles. The van der Waals surface area contributed by atoms with Gasteiger partial charge in [0.2, 0.25) is 11.8 Å². The second-order valence-electron chi connectivity index (χ2n) is 10.1. The lowest BCUT2D eigenvalue weighted by atomic mass is 9.99. The molecule has 196 valence electrons. The second kappa shape index (κ2) is 13.4. The van der Waals surface area contributed by atoms with Gasteiger partial charge in [-0.2, -0.15) is 0 Å². The normalized spacial score (nSPS) is 11.9. The average Bonchev–Trinajstić information content (AvgIpc) is 2.93. The molecule has 0 aliphatic rings. The number of nitrogens with zero attached hydrogens (tertiary/aromatic N) is 1. The van der Waals surface area contributed by atoms with Gasteiger partial charge in [0.25, 0.3) is 0 Å². The van der Waals surface area contributed by atoms with Crippen LogP contribution in [0.1, 0.15) is 37.0 Å². The SMILES string of the molecule is CC(C)CNC(=O)[C@H](Cc1ccccc1)N(Cc1cccc(Br)c1)C(=O)CCc1cccc2ccccc12. The number of carbonyl (C=O) groups is 2.